The molecule has 5 nitrogen and oxygen atoms in total. The Labute approximate surface area is 123 Å². The van der Waals surface area contributed by atoms with Crippen LogP contribution in [0, 0.1) is 5.82 Å². The highest BCUT2D eigenvalue weighted by Crippen LogP contribution is 2.25. The zero-order valence-electron chi connectivity index (χ0n) is 12.1. The van der Waals surface area contributed by atoms with E-state index in [1.807, 2.05) is 0 Å². The summed E-state index contributed by atoms with van der Waals surface area (Å²) in [6, 6.07) is 6.76. The third kappa shape index (κ3) is 2.82. The molecular formula is C15H19FN4O. The van der Waals surface area contributed by atoms with Crippen LogP contribution in [0.25, 0.3) is 5.69 Å². The molecule has 0 amide bonds. The molecule has 1 fully saturated rings. The van der Waals surface area contributed by atoms with Crippen molar-refractivity contribution < 1.29 is 9.13 Å². The van der Waals surface area contributed by atoms with Crippen LogP contribution in [0.15, 0.2) is 30.6 Å². The molecular weight excluding hydrogens is 271 g/mol. The summed E-state index contributed by atoms with van der Waals surface area (Å²) >= 11 is 0. The number of aromatic nitrogens is 3. The van der Waals surface area contributed by atoms with Crippen LogP contribution in [0.1, 0.15) is 25.2 Å². The Kier molecular flexibility index (Phi) is 4.26. The van der Waals surface area contributed by atoms with Gasteiger partial charge in [-0.05, 0) is 18.6 Å². The summed E-state index contributed by atoms with van der Waals surface area (Å²) in [5.41, 5.74) is 0.441. The van der Waals surface area contributed by atoms with Crippen molar-refractivity contribution in [1.29, 1.82) is 0 Å². The van der Waals surface area contributed by atoms with Gasteiger partial charge in [-0.1, -0.05) is 19.1 Å². The summed E-state index contributed by atoms with van der Waals surface area (Å²) in [7, 11) is 0. The fourth-order valence-corrected chi connectivity index (χ4v) is 2.78. The molecule has 1 saturated heterocycles. The Bertz CT molecular complexity index is 595. The Hall–Kier alpha value is -1.79. The van der Waals surface area contributed by atoms with E-state index in [0.29, 0.717) is 5.69 Å². The van der Waals surface area contributed by atoms with Gasteiger partial charge in [0, 0.05) is 13.1 Å². The molecule has 0 bridgehead atoms. The summed E-state index contributed by atoms with van der Waals surface area (Å²) in [6.45, 7) is 5.29. The van der Waals surface area contributed by atoms with Crippen LogP contribution in [-0.2, 0) is 4.74 Å². The van der Waals surface area contributed by atoms with E-state index >= 15 is 0 Å². The van der Waals surface area contributed by atoms with E-state index in [1.165, 1.54) is 12.4 Å². The smallest absolute Gasteiger partial charge is 0.149 e. The molecule has 0 radical (unpaired) electrons. The standard InChI is InChI=1S/C15H19FN4O/c1-2-13(19-7-9-21-10-8-19)15-17-11-18-20(15)14-6-4-3-5-12(14)16/h3-6,11,13H,2,7-10H2,1H3/t13-/m1/s1. The fraction of sp³-hybridized carbons (Fsp3) is 0.467. The van der Waals surface area contributed by atoms with Gasteiger partial charge >= 0.3 is 0 Å². The van der Waals surface area contributed by atoms with E-state index in [1.54, 1.807) is 22.9 Å². The van der Waals surface area contributed by atoms with Gasteiger partial charge in [-0.2, -0.15) is 5.10 Å². The van der Waals surface area contributed by atoms with Gasteiger partial charge in [-0.25, -0.2) is 14.1 Å². The van der Waals surface area contributed by atoms with Crippen LogP contribution < -0.4 is 0 Å². The summed E-state index contributed by atoms with van der Waals surface area (Å²) < 4.78 is 21.0. The normalized spacial score (nSPS) is 17.8. The number of nitrogens with zero attached hydrogens (tertiary/aromatic N) is 4. The van der Waals surface area contributed by atoms with Crippen molar-refractivity contribution in [3.05, 3.63) is 42.2 Å². The third-order valence-electron chi connectivity index (χ3n) is 3.83. The van der Waals surface area contributed by atoms with E-state index in [0.717, 1.165) is 38.5 Å². The van der Waals surface area contributed by atoms with Crippen molar-refractivity contribution in [2.45, 2.75) is 19.4 Å². The maximum atomic E-state index is 14.0. The number of ether oxygens (including phenoxy) is 1. The highest BCUT2D eigenvalue weighted by Gasteiger charge is 2.26. The SMILES string of the molecule is CC[C@H](c1ncnn1-c1ccccc1F)N1CCOCC1. The Morgan fingerprint density at radius 1 is 1.29 bits per heavy atom. The third-order valence-corrected chi connectivity index (χ3v) is 3.83. The molecule has 0 aliphatic carbocycles. The summed E-state index contributed by atoms with van der Waals surface area (Å²) in [5, 5.41) is 4.22. The maximum absolute atomic E-state index is 14.0. The van der Waals surface area contributed by atoms with E-state index < -0.39 is 0 Å². The molecule has 0 spiro atoms. The topological polar surface area (TPSA) is 43.2 Å². The molecule has 112 valence electrons. The lowest BCUT2D eigenvalue weighted by molar-refractivity contribution is 0.0129. The Balaban J connectivity index is 1.95. The highest BCUT2D eigenvalue weighted by molar-refractivity contribution is 5.33. The van der Waals surface area contributed by atoms with Gasteiger partial charge in [0.25, 0.3) is 0 Å². The molecule has 0 saturated carbocycles. The minimum atomic E-state index is -0.291. The van der Waals surface area contributed by atoms with Crippen molar-refractivity contribution in [2.24, 2.45) is 0 Å². The molecule has 1 aromatic heterocycles. The molecule has 1 atom stereocenters. The van der Waals surface area contributed by atoms with Crippen molar-refractivity contribution in [3.8, 4) is 5.69 Å². The molecule has 1 aliphatic heterocycles. The molecule has 2 aromatic rings. The van der Waals surface area contributed by atoms with Crippen LogP contribution in [0.3, 0.4) is 0 Å². The second-order valence-corrected chi connectivity index (χ2v) is 5.05. The summed E-state index contributed by atoms with van der Waals surface area (Å²) in [4.78, 5) is 6.71. The van der Waals surface area contributed by atoms with Crippen molar-refractivity contribution in [1.82, 2.24) is 19.7 Å². The highest BCUT2D eigenvalue weighted by atomic mass is 19.1. The molecule has 1 aromatic carbocycles. The van der Waals surface area contributed by atoms with Gasteiger partial charge in [0.2, 0.25) is 0 Å². The minimum Gasteiger partial charge on any atom is -0.379 e. The van der Waals surface area contributed by atoms with Crippen LogP contribution >= 0.6 is 0 Å². The monoisotopic (exact) mass is 290 g/mol. The van der Waals surface area contributed by atoms with Crippen molar-refractivity contribution in [3.63, 3.8) is 0 Å². The number of hydrogen-bond acceptors (Lipinski definition) is 4. The summed E-state index contributed by atoms with van der Waals surface area (Å²) in [5.74, 6) is 0.491. The molecule has 0 N–H and O–H groups in total. The largest absolute Gasteiger partial charge is 0.379 e. The lowest BCUT2D eigenvalue weighted by atomic mass is 10.1. The summed E-state index contributed by atoms with van der Waals surface area (Å²) in [6.07, 6.45) is 2.39. The van der Waals surface area contributed by atoms with Crippen LogP contribution in [-0.4, -0.2) is 46.0 Å². The van der Waals surface area contributed by atoms with Gasteiger partial charge in [0.05, 0.1) is 19.3 Å². The average molecular weight is 290 g/mol. The number of para-hydroxylation sites is 1. The second kappa shape index (κ2) is 6.32. The molecule has 6 heteroatoms. The molecule has 21 heavy (non-hydrogen) atoms. The predicted molar refractivity (Wildman–Crippen MR) is 76.7 cm³/mol. The molecule has 2 heterocycles. The van der Waals surface area contributed by atoms with Gasteiger partial charge in [-0.15, -0.1) is 0 Å². The first kappa shape index (κ1) is 14.2. The number of hydrogen-bond donors (Lipinski definition) is 0. The first-order valence-corrected chi connectivity index (χ1v) is 7.28. The number of benzene rings is 1. The Morgan fingerprint density at radius 2 is 2.05 bits per heavy atom. The number of morpholine rings is 1. The van der Waals surface area contributed by atoms with E-state index in [4.69, 9.17) is 4.74 Å². The van der Waals surface area contributed by atoms with E-state index in [2.05, 4.69) is 21.9 Å². The lowest BCUT2D eigenvalue weighted by Gasteiger charge is -2.33. The quantitative estimate of drug-likeness (QED) is 0.865. The zero-order valence-corrected chi connectivity index (χ0v) is 12.1. The van der Waals surface area contributed by atoms with Crippen LogP contribution in [0.2, 0.25) is 0 Å². The van der Waals surface area contributed by atoms with E-state index in [-0.39, 0.29) is 11.9 Å². The first-order valence-electron chi connectivity index (χ1n) is 7.28. The Morgan fingerprint density at radius 3 is 2.76 bits per heavy atom. The van der Waals surface area contributed by atoms with E-state index in [9.17, 15) is 4.39 Å². The second-order valence-electron chi connectivity index (χ2n) is 5.05. The molecule has 0 unspecified atom stereocenters. The average Bonchev–Trinajstić information content (AvgIpc) is 2.99. The first-order chi connectivity index (χ1) is 10.3. The van der Waals surface area contributed by atoms with Crippen LogP contribution in [0.4, 0.5) is 4.39 Å². The van der Waals surface area contributed by atoms with Gasteiger partial charge in [0.1, 0.15) is 23.7 Å². The van der Waals surface area contributed by atoms with Gasteiger partial charge in [-0.3, -0.25) is 4.90 Å². The lowest BCUT2D eigenvalue weighted by Crippen LogP contribution is -2.39. The molecule has 3 rings (SSSR count). The van der Waals surface area contributed by atoms with Gasteiger partial charge < -0.3 is 4.74 Å². The maximum Gasteiger partial charge on any atom is 0.149 e. The zero-order chi connectivity index (χ0) is 14.7. The fourth-order valence-electron chi connectivity index (χ4n) is 2.78. The molecule has 1 aliphatic rings. The van der Waals surface area contributed by atoms with Crippen molar-refractivity contribution in [2.75, 3.05) is 26.3 Å². The predicted octanol–water partition coefficient (Wildman–Crippen LogP) is 2.19. The van der Waals surface area contributed by atoms with Gasteiger partial charge in [0.15, 0.2) is 0 Å². The minimum absolute atomic E-state index is 0.121. The van der Waals surface area contributed by atoms with Crippen molar-refractivity contribution >= 4 is 0 Å². The number of rotatable bonds is 4. The van der Waals surface area contributed by atoms with Crippen LogP contribution in [0.5, 0.6) is 0 Å². The number of halogens is 1.